The molecule has 3 aromatic rings. The fourth-order valence-corrected chi connectivity index (χ4v) is 7.25. The first-order chi connectivity index (χ1) is 16.8. The van der Waals surface area contributed by atoms with Gasteiger partial charge in [-0.1, -0.05) is 35.1 Å². The van der Waals surface area contributed by atoms with E-state index >= 15 is 0 Å². The SMILES string of the molecule is O=C(NC(=O)c1ccccc1Cl)Nc1nc2ccc(S(=O)(=O)C[C@H]3CCCN3CC3CC3)cc2s1. The van der Waals surface area contributed by atoms with Crippen molar-refractivity contribution in [3.05, 3.63) is 53.1 Å². The van der Waals surface area contributed by atoms with E-state index in [9.17, 15) is 18.0 Å². The zero-order chi connectivity index (χ0) is 24.6. The van der Waals surface area contributed by atoms with Crippen LogP contribution in [0.5, 0.6) is 0 Å². The van der Waals surface area contributed by atoms with Crippen LogP contribution >= 0.6 is 22.9 Å². The highest BCUT2D eigenvalue weighted by Crippen LogP contribution is 2.34. The molecule has 1 aliphatic heterocycles. The van der Waals surface area contributed by atoms with Crippen molar-refractivity contribution in [3.63, 3.8) is 0 Å². The van der Waals surface area contributed by atoms with Crippen molar-refractivity contribution < 1.29 is 18.0 Å². The van der Waals surface area contributed by atoms with Gasteiger partial charge in [-0.25, -0.2) is 18.2 Å². The third-order valence-electron chi connectivity index (χ3n) is 6.39. The standard InChI is InChI=1S/C24H25ClN4O4S2/c25-19-6-2-1-5-18(19)22(30)27-23(31)28-24-26-20-10-9-17(12-21(20)34-24)35(32,33)14-16-4-3-11-29(16)13-15-7-8-15/h1-2,5-6,9-10,12,15-16H,3-4,7-8,11,13-14H2,(H2,26,27,28,30,31)/t16-/m1/s1. The summed E-state index contributed by atoms with van der Waals surface area (Å²) in [5.41, 5.74) is 0.749. The third kappa shape index (κ3) is 5.66. The number of aromatic nitrogens is 1. The van der Waals surface area contributed by atoms with Crippen molar-refractivity contribution in [3.8, 4) is 0 Å². The van der Waals surface area contributed by atoms with Crippen molar-refractivity contribution in [2.24, 2.45) is 5.92 Å². The summed E-state index contributed by atoms with van der Waals surface area (Å²) in [5.74, 6) is 0.210. The maximum Gasteiger partial charge on any atom is 0.327 e. The Labute approximate surface area is 212 Å². The molecule has 3 amide bonds. The van der Waals surface area contributed by atoms with Crippen LogP contribution in [-0.2, 0) is 9.84 Å². The molecule has 0 spiro atoms. The topological polar surface area (TPSA) is 108 Å². The lowest BCUT2D eigenvalue weighted by molar-refractivity contribution is 0.0967. The van der Waals surface area contributed by atoms with Crippen LogP contribution in [0.2, 0.25) is 5.02 Å². The second-order valence-electron chi connectivity index (χ2n) is 9.05. The molecular weight excluding hydrogens is 508 g/mol. The number of carbonyl (C=O) groups is 2. The number of hydrogen-bond acceptors (Lipinski definition) is 7. The molecule has 1 aromatic heterocycles. The Morgan fingerprint density at radius 1 is 1.14 bits per heavy atom. The van der Waals surface area contributed by atoms with E-state index in [1.165, 1.54) is 18.9 Å². The molecule has 11 heteroatoms. The maximum atomic E-state index is 13.2. The first-order valence-corrected chi connectivity index (χ1v) is 14.4. The summed E-state index contributed by atoms with van der Waals surface area (Å²) in [6, 6.07) is 10.6. The van der Waals surface area contributed by atoms with Crippen molar-refractivity contribution >= 4 is 60.1 Å². The van der Waals surface area contributed by atoms with Gasteiger partial charge in [-0.15, -0.1) is 0 Å². The number of likely N-dealkylation sites (tertiary alicyclic amines) is 1. The van der Waals surface area contributed by atoms with Gasteiger partial charge < -0.3 is 0 Å². The monoisotopic (exact) mass is 532 g/mol. The number of rotatable bonds is 7. The summed E-state index contributed by atoms with van der Waals surface area (Å²) >= 11 is 7.15. The van der Waals surface area contributed by atoms with Crippen LogP contribution in [0.3, 0.4) is 0 Å². The van der Waals surface area contributed by atoms with Gasteiger partial charge in [-0.05, 0) is 68.5 Å². The molecule has 1 saturated carbocycles. The van der Waals surface area contributed by atoms with E-state index in [2.05, 4.69) is 20.5 Å². The minimum Gasteiger partial charge on any atom is -0.299 e. The third-order valence-corrected chi connectivity index (χ3v) is 9.44. The van der Waals surface area contributed by atoms with Gasteiger partial charge in [0.25, 0.3) is 5.91 Å². The number of nitrogens with zero attached hydrogens (tertiary/aromatic N) is 2. The molecule has 2 heterocycles. The number of anilines is 1. The summed E-state index contributed by atoms with van der Waals surface area (Å²) in [7, 11) is -3.47. The molecule has 184 valence electrons. The number of sulfone groups is 1. The number of hydrogen-bond donors (Lipinski definition) is 2. The van der Waals surface area contributed by atoms with E-state index < -0.39 is 21.8 Å². The van der Waals surface area contributed by atoms with E-state index in [1.807, 2.05) is 0 Å². The number of nitrogens with one attached hydrogen (secondary N) is 2. The molecule has 0 radical (unpaired) electrons. The van der Waals surface area contributed by atoms with Crippen LogP contribution in [0, 0.1) is 5.92 Å². The predicted molar refractivity (Wildman–Crippen MR) is 137 cm³/mol. The van der Waals surface area contributed by atoms with E-state index in [0.29, 0.717) is 10.2 Å². The molecule has 0 unspecified atom stereocenters. The Bertz CT molecular complexity index is 1390. The van der Waals surface area contributed by atoms with Crippen LogP contribution in [0.4, 0.5) is 9.93 Å². The maximum absolute atomic E-state index is 13.2. The van der Waals surface area contributed by atoms with Crippen LogP contribution in [0.15, 0.2) is 47.4 Å². The summed E-state index contributed by atoms with van der Waals surface area (Å²) in [6.07, 6.45) is 4.45. The number of thiazole rings is 1. The van der Waals surface area contributed by atoms with E-state index in [-0.39, 0.29) is 32.4 Å². The minimum atomic E-state index is -3.47. The van der Waals surface area contributed by atoms with Crippen molar-refractivity contribution in [2.75, 3.05) is 24.2 Å². The summed E-state index contributed by atoms with van der Waals surface area (Å²) in [4.78, 5) is 31.5. The van der Waals surface area contributed by atoms with Gasteiger partial charge in [0.05, 0.1) is 31.5 Å². The van der Waals surface area contributed by atoms with Crippen molar-refractivity contribution in [1.29, 1.82) is 0 Å². The number of urea groups is 1. The highest BCUT2D eigenvalue weighted by molar-refractivity contribution is 7.91. The van der Waals surface area contributed by atoms with Crippen LogP contribution in [0.1, 0.15) is 36.0 Å². The van der Waals surface area contributed by atoms with Crippen LogP contribution in [-0.4, -0.2) is 55.1 Å². The molecule has 35 heavy (non-hydrogen) atoms. The molecule has 0 bridgehead atoms. The average molecular weight is 533 g/mol. The van der Waals surface area contributed by atoms with Gasteiger partial charge in [0.1, 0.15) is 0 Å². The predicted octanol–water partition coefficient (Wildman–Crippen LogP) is 4.56. The number of halogens is 1. The Balaban J connectivity index is 1.26. The fourth-order valence-electron chi connectivity index (χ4n) is 4.40. The van der Waals surface area contributed by atoms with E-state index in [0.717, 1.165) is 43.2 Å². The largest absolute Gasteiger partial charge is 0.327 e. The highest BCUT2D eigenvalue weighted by Gasteiger charge is 2.34. The average Bonchev–Trinajstić information content (AvgIpc) is 3.38. The van der Waals surface area contributed by atoms with Crippen molar-refractivity contribution in [2.45, 2.75) is 36.6 Å². The fraction of sp³-hybridized carbons (Fsp3) is 0.375. The van der Waals surface area contributed by atoms with Gasteiger partial charge in [0, 0.05) is 12.6 Å². The Morgan fingerprint density at radius 3 is 2.71 bits per heavy atom. The first kappa shape index (κ1) is 24.2. The minimum absolute atomic E-state index is 0.0642. The molecule has 5 rings (SSSR count). The van der Waals surface area contributed by atoms with Gasteiger partial charge in [-0.3, -0.25) is 20.3 Å². The zero-order valence-electron chi connectivity index (χ0n) is 18.9. The normalized spacial score (nSPS) is 18.6. The number of carbonyl (C=O) groups excluding carboxylic acids is 2. The smallest absolute Gasteiger partial charge is 0.299 e. The second-order valence-corrected chi connectivity index (χ2v) is 12.5. The van der Waals surface area contributed by atoms with Gasteiger partial charge in [0.2, 0.25) is 0 Å². The molecule has 1 aliphatic carbocycles. The molecule has 1 saturated heterocycles. The Kier molecular flexibility index (Phi) is 6.80. The number of fused-ring (bicyclic) bond motifs is 1. The number of amides is 3. The molecule has 2 fully saturated rings. The summed E-state index contributed by atoms with van der Waals surface area (Å²) in [5, 5.41) is 5.25. The van der Waals surface area contributed by atoms with Crippen LogP contribution in [0.25, 0.3) is 10.2 Å². The van der Waals surface area contributed by atoms with Gasteiger partial charge >= 0.3 is 6.03 Å². The molecule has 8 nitrogen and oxygen atoms in total. The van der Waals surface area contributed by atoms with Gasteiger partial charge in [-0.2, -0.15) is 0 Å². The van der Waals surface area contributed by atoms with Crippen LogP contribution < -0.4 is 10.6 Å². The molecule has 2 aliphatic rings. The summed E-state index contributed by atoms with van der Waals surface area (Å²) in [6.45, 7) is 1.98. The second kappa shape index (κ2) is 9.85. The lowest BCUT2D eigenvalue weighted by Crippen LogP contribution is -2.36. The summed E-state index contributed by atoms with van der Waals surface area (Å²) < 4.78 is 27.0. The number of imide groups is 1. The molecular formula is C24H25ClN4O4S2. The highest BCUT2D eigenvalue weighted by atomic mass is 35.5. The quantitative estimate of drug-likeness (QED) is 0.462. The lowest BCUT2D eigenvalue weighted by atomic mass is 10.2. The number of benzene rings is 2. The van der Waals surface area contributed by atoms with Gasteiger partial charge in [0.15, 0.2) is 15.0 Å². The first-order valence-electron chi connectivity index (χ1n) is 11.5. The lowest BCUT2D eigenvalue weighted by Gasteiger charge is -2.24. The molecule has 1 atom stereocenters. The molecule has 2 N–H and O–H groups in total. The zero-order valence-corrected chi connectivity index (χ0v) is 21.3. The molecule has 2 aromatic carbocycles. The van der Waals surface area contributed by atoms with E-state index in [4.69, 9.17) is 11.6 Å². The van der Waals surface area contributed by atoms with E-state index in [1.54, 1.807) is 36.4 Å². The Hall–Kier alpha value is -2.53. The van der Waals surface area contributed by atoms with Crippen molar-refractivity contribution in [1.82, 2.24) is 15.2 Å². The Morgan fingerprint density at radius 2 is 1.94 bits per heavy atom.